The Hall–Kier alpha value is 0.940. The van der Waals surface area contributed by atoms with Crippen LogP contribution < -0.4 is 0 Å². The van der Waals surface area contributed by atoms with E-state index in [2.05, 4.69) is 37.8 Å². The van der Waals surface area contributed by atoms with Crippen LogP contribution in [0, 0.1) is 0 Å². The first-order valence-electron chi connectivity index (χ1n) is 4.45. The highest BCUT2D eigenvalue weighted by Crippen LogP contribution is 2.12. The number of alkyl halides is 1. The van der Waals surface area contributed by atoms with Gasteiger partial charge in [-0.1, -0.05) is 0 Å². The lowest BCUT2D eigenvalue weighted by Crippen LogP contribution is -2.48. The zero-order chi connectivity index (χ0) is 8.97. The fraction of sp³-hybridized carbons (Fsp3) is 1.00. The fourth-order valence-electron chi connectivity index (χ4n) is 1.55. The van der Waals surface area contributed by atoms with E-state index in [1.165, 1.54) is 19.6 Å². The number of rotatable bonds is 3. The van der Waals surface area contributed by atoms with Gasteiger partial charge in [-0.15, -0.1) is 11.6 Å². The molecule has 1 heterocycles. The van der Waals surface area contributed by atoms with Gasteiger partial charge in [0.1, 0.15) is 0 Å². The monoisotopic (exact) mass is 302 g/mol. The summed E-state index contributed by atoms with van der Waals surface area (Å²) in [5.74, 6) is 0.789. The summed E-state index contributed by atoms with van der Waals surface area (Å²) >= 11 is 8.06. The van der Waals surface area contributed by atoms with Gasteiger partial charge >= 0.3 is 0 Å². The first kappa shape index (κ1) is 11.0. The number of hydrogen-bond acceptors (Lipinski definition) is 2. The van der Waals surface area contributed by atoms with Crippen LogP contribution >= 0.6 is 34.5 Å². The second-order valence-corrected chi connectivity index (χ2v) is 5.04. The summed E-state index contributed by atoms with van der Waals surface area (Å²) in [4.78, 5) is 2.53. The van der Waals surface area contributed by atoms with Crippen LogP contribution in [0.15, 0.2) is 0 Å². The number of piperazine rings is 1. The standard InChI is InChI=1S/C8H16ClIN2/c1-8-7-12(10)6-5-11(8)4-2-3-9/h8H,2-7H2,1H3/t8-/m0/s1. The van der Waals surface area contributed by atoms with Gasteiger partial charge < -0.3 is 0 Å². The minimum atomic E-state index is 0.693. The molecule has 1 fully saturated rings. The molecule has 1 saturated heterocycles. The first-order valence-corrected chi connectivity index (χ1v) is 5.94. The van der Waals surface area contributed by atoms with Crippen molar-refractivity contribution in [2.75, 3.05) is 32.1 Å². The van der Waals surface area contributed by atoms with Crippen LogP contribution in [0.4, 0.5) is 0 Å². The Bertz CT molecular complexity index is 132. The molecule has 0 aromatic carbocycles. The summed E-state index contributed by atoms with van der Waals surface area (Å²) in [7, 11) is 0. The van der Waals surface area contributed by atoms with E-state index in [0.29, 0.717) is 6.04 Å². The van der Waals surface area contributed by atoms with E-state index in [1.807, 2.05) is 0 Å². The van der Waals surface area contributed by atoms with Gasteiger partial charge in [0.05, 0.1) is 0 Å². The molecular formula is C8H16ClIN2. The second kappa shape index (κ2) is 5.62. The third-order valence-electron chi connectivity index (χ3n) is 2.29. The lowest BCUT2D eigenvalue weighted by molar-refractivity contribution is 0.143. The van der Waals surface area contributed by atoms with Crippen LogP contribution in [-0.2, 0) is 0 Å². The van der Waals surface area contributed by atoms with Gasteiger partial charge in [-0.25, -0.2) is 3.11 Å². The Morgan fingerprint density at radius 1 is 1.50 bits per heavy atom. The minimum absolute atomic E-state index is 0.693. The molecule has 0 aliphatic carbocycles. The van der Waals surface area contributed by atoms with E-state index in [4.69, 9.17) is 11.6 Å². The quantitative estimate of drug-likeness (QED) is 0.447. The van der Waals surface area contributed by atoms with E-state index in [-0.39, 0.29) is 0 Å². The minimum Gasteiger partial charge on any atom is -0.298 e. The van der Waals surface area contributed by atoms with Crippen LogP contribution in [0.2, 0.25) is 0 Å². The van der Waals surface area contributed by atoms with Crippen molar-refractivity contribution in [3.05, 3.63) is 0 Å². The average molecular weight is 303 g/mol. The van der Waals surface area contributed by atoms with Crippen molar-refractivity contribution in [3.8, 4) is 0 Å². The average Bonchev–Trinajstić information content (AvgIpc) is 2.03. The highest BCUT2D eigenvalue weighted by atomic mass is 127. The number of hydrogen-bond donors (Lipinski definition) is 0. The van der Waals surface area contributed by atoms with Gasteiger partial charge in [0.2, 0.25) is 0 Å². The molecule has 0 aromatic heterocycles. The maximum atomic E-state index is 5.66. The van der Waals surface area contributed by atoms with Crippen molar-refractivity contribution in [1.82, 2.24) is 8.01 Å². The van der Waals surface area contributed by atoms with Crippen LogP contribution in [0.25, 0.3) is 0 Å². The molecule has 72 valence electrons. The third-order valence-corrected chi connectivity index (χ3v) is 3.44. The Kier molecular flexibility index (Phi) is 5.16. The van der Waals surface area contributed by atoms with Gasteiger partial charge in [-0.3, -0.25) is 4.90 Å². The molecule has 1 rings (SSSR count). The molecule has 0 bridgehead atoms. The maximum Gasteiger partial charge on any atom is 0.0235 e. The maximum absolute atomic E-state index is 5.66. The molecular weight excluding hydrogens is 286 g/mol. The van der Waals surface area contributed by atoms with Crippen molar-refractivity contribution >= 4 is 34.5 Å². The SMILES string of the molecule is C[C@H]1CN(I)CCN1CCCCl. The molecule has 0 spiro atoms. The topological polar surface area (TPSA) is 6.48 Å². The van der Waals surface area contributed by atoms with Crippen molar-refractivity contribution in [3.63, 3.8) is 0 Å². The molecule has 0 unspecified atom stereocenters. The largest absolute Gasteiger partial charge is 0.298 e. The van der Waals surface area contributed by atoms with Crippen LogP contribution in [0.5, 0.6) is 0 Å². The molecule has 0 radical (unpaired) electrons. The van der Waals surface area contributed by atoms with Crippen molar-refractivity contribution < 1.29 is 0 Å². The van der Waals surface area contributed by atoms with Gasteiger partial charge in [-0.05, 0) is 19.9 Å². The summed E-state index contributed by atoms with van der Waals surface area (Å²) < 4.78 is 2.36. The molecule has 12 heavy (non-hydrogen) atoms. The van der Waals surface area contributed by atoms with Gasteiger partial charge in [0.25, 0.3) is 0 Å². The third kappa shape index (κ3) is 3.36. The molecule has 0 aromatic rings. The van der Waals surface area contributed by atoms with Gasteiger partial charge in [0.15, 0.2) is 0 Å². The number of halogens is 2. The highest BCUT2D eigenvalue weighted by molar-refractivity contribution is 14.1. The Labute approximate surface area is 93.7 Å². The Balaban J connectivity index is 2.25. The molecule has 1 aliphatic heterocycles. The molecule has 0 N–H and O–H groups in total. The lowest BCUT2D eigenvalue weighted by atomic mass is 10.2. The van der Waals surface area contributed by atoms with Crippen LogP contribution in [-0.4, -0.2) is 46.1 Å². The molecule has 0 saturated carbocycles. The van der Waals surface area contributed by atoms with Crippen LogP contribution in [0.3, 0.4) is 0 Å². The zero-order valence-electron chi connectivity index (χ0n) is 7.47. The highest BCUT2D eigenvalue weighted by Gasteiger charge is 2.21. The summed E-state index contributed by atoms with van der Waals surface area (Å²) in [6.45, 7) is 7.02. The lowest BCUT2D eigenvalue weighted by Gasteiger charge is -2.36. The Morgan fingerprint density at radius 3 is 2.83 bits per heavy atom. The number of nitrogens with zero attached hydrogens (tertiary/aromatic N) is 2. The van der Waals surface area contributed by atoms with E-state index in [0.717, 1.165) is 18.8 Å². The van der Waals surface area contributed by atoms with E-state index in [1.54, 1.807) is 0 Å². The summed E-state index contributed by atoms with van der Waals surface area (Å²) in [5, 5.41) is 0. The molecule has 2 nitrogen and oxygen atoms in total. The first-order chi connectivity index (χ1) is 5.74. The summed E-state index contributed by atoms with van der Waals surface area (Å²) in [5.41, 5.74) is 0. The molecule has 4 heteroatoms. The van der Waals surface area contributed by atoms with Crippen molar-refractivity contribution in [1.29, 1.82) is 0 Å². The molecule has 1 atom stereocenters. The van der Waals surface area contributed by atoms with Crippen molar-refractivity contribution in [2.45, 2.75) is 19.4 Å². The fourth-order valence-corrected chi connectivity index (χ4v) is 2.45. The van der Waals surface area contributed by atoms with E-state index >= 15 is 0 Å². The summed E-state index contributed by atoms with van der Waals surface area (Å²) in [6, 6.07) is 0.693. The van der Waals surface area contributed by atoms with E-state index in [9.17, 15) is 0 Å². The smallest absolute Gasteiger partial charge is 0.0235 e. The van der Waals surface area contributed by atoms with E-state index < -0.39 is 0 Å². The zero-order valence-corrected chi connectivity index (χ0v) is 10.4. The van der Waals surface area contributed by atoms with Gasteiger partial charge in [-0.2, -0.15) is 0 Å². The normalized spacial score (nSPS) is 27.8. The predicted molar refractivity (Wildman–Crippen MR) is 62.0 cm³/mol. The molecule has 1 aliphatic rings. The van der Waals surface area contributed by atoms with Crippen LogP contribution in [0.1, 0.15) is 13.3 Å². The Morgan fingerprint density at radius 2 is 2.25 bits per heavy atom. The predicted octanol–water partition coefficient (Wildman–Crippen LogP) is 1.97. The van der Waals surface area contributed by atoms with Gasteiger partial charge in [0, 0.05) is 54.4 Å². The molecule has 0 amide bonds. The van der Waals surface area contributed by atoms with Crippen molar-refractivity contribution in [2.24, 2.45) is 0 Å². The second-order valence-electron chi connectivity index (χ2n) is 3.30. The summed E-state index contributed by atoms with van der Waals surface area (Å²) in [6.07, 6.45) is 1.12.